The van der Waals surface area contributed by atoms with E-state index in [0.29, 0.717) is 27.9 Å². The van der Waals surface area contributed by atoms with Crippen molar-refractivity contribution in [3.05, 3.63) is 48.4 Å². The largest absolute Gasteiger partial charge is 0.351 e. The molecule has 1 aromatic carbocycles. The molecule has 0 aliphatic heterocycles. The lowest BCUT2D eigenvalue weighted by Gasteiger charge is -2.15. The second-order valence-electron chi connectivity index (χ2n) is 7.45. The van der Waals surface area contributed by atoms with E-state index in [0.717, 1.165) is 10.9 Å². The first-order valence-corrected chi connectivity index (χ1v) is 8.47. The second-order valence-corrected chi connectivity index (χ2v) is 7.45. The van der Waals surface area contributed by atoms with E-state index in [-0.39, 0.29) is 5.78 Å². The van der Waals surface area contributed by atoms with Crippen molar-refractivity contribution >= 4 is 33.9 Å². The van der Waals surface area contributed by atoms with Gasteiger partial charge in [0.25, 0.3) is 0 Å². The summed E-state index contributed by atoms with van der Waals surface area (Å²) >= 11 is 0. The van der Waals surface area contributed by atoms with Crippen LogP contribution >= 0.6 is 0 Å². The Morgan fingerprint density at radius 3 is 2.78 bits per heavy atom. The number of ketones is 1. The van der Waals surface area contributed by atoms with E-state index in [9.17, 15) is 9.59 Å². The molecule has 27 heavy (non-hydrogen) atoms. The third-order valence-electron chi connectivity index (χ3n) is 4.44. The molecule has 1 radical (unpaired) electrons. The van der Waals surface area contributed by atoms with Gasteiger partial charge in [0.05, 0.1) is 23.0 Å². The van der Waals surface area contributed by atoms with Crippen molar-refractivity contribution in [1.29, 1.82) is 0 Å². The molecule has 1 amide bonds. The summed E-state index contributed by atoms with van der Waals surface area (Å²) < 4.78 is 1.35. The number of carbonyl (C=O) groups is 2. The number of nitrogens with zero attached hydrogens (tertiary/aromatic N) is 3. The van der Waals surface area contributed by atoms with Crippen LogP contribution < -0.4 is 5.73 Å². The van der Waals surface area contributed by atoms with Crippen LogP contribution in [0.3, 0.4) is 0 Å². The highest BCUT2D eigenvalue weighted by atomic mass is 16.2. The Morgan fingerprint density at radius 1 is 1.30 bits per heavy atom. The van der Waals surface area contributed by atoms with Crippen molar-refractivity contribution in [2.24, 2.45) is 11.1 Å². The van der Waals surface area contributed by atoms with Gasteiger partial charge >= 0.3 is 6.03 Å². The fraction of sp³-hybridized carbons (Fsp3) is 0.200. The Morgan fingerprint density at radius 2 is 2.07 bits per heavy atom. The zero-order chi connectivity index (χ0) is 19.3. The fourth-order valence-corrected chi connectivity index (χ4v) is 3.01. The quantitative estimate of drug-likeness (QED) is 0.533. The highest BCUT2D eigenvalue weighted by molar-refractivity contribution is 6.08. The van der Waals surface area contributed by atoms with Crippen molar-refractivity contribution in [2.75, 3.05) is 0 Å². The maximum absolute atomic E-state index is 12.7. The topological polar surface area (TPSA) is 107 Å². The Hall–Kier alpha value is -3.48. The van der Waals surface area contributed by atoms with Gasteiger partial charge in [-0.3, -0.25) is 9.36 Å². The van der Waals surface area contributed by atoms with Crippen LogP contribution in [0.25, 0.3) is 33.3 Å². The number of carbonyl (C=O) groups excluding carboxylic acids is 2. The van der Waals surface area contributed by atoms with Crippen molar-refractivity contribution in [1.82, 2.24) is 19.5 Å². The molecule has 7 nitrogen and oxygen atoms in total. The number of aromatic nitrogens is 4. The molecular formula is C20H18N5O2. The van der Waals surface area contributed by atoms with Crippen molar-refractivity contribution < 1.29 is 9.59 Å². The maximum Gasteiger partial charge on any atom is 0.323 e. The minimum Gasteiger partial charge on any atom is -0.351 e. The first kappa shape index (κ1) is 17.0. The number of nitrogens with two attached hydrogens (primary N) is 1. The monoisotopic (exact) mass is 360 g/mol. The second kappa shape index (κ2) is 5.77. The van der Waals surface area contributed by atoms with Crippen LogP contribution in [0.2, 0.25) is 0 Å². The minimum atomic E-state index is -0.569. The lowest BCUT2D eigenvalue weighted by Crippen LogP contribution is -2.20. The van der Waals surface area contributed by atoms with Gasteiger partial charge in [0.2, 0.25) is 0 Å². The van der Waals surface area contributed by atoms with E-state index in [1.54, 1.807) is 30.7 Å². The van der Waals surface area contributed by atoms with Crippen LogP contribution in [0.5, 0.6) is 0 Å². The van der Waals surface area contributed by atoms with E-state index in [1.807, 2.05) is 26.8 Å². The van der Waals surface area contributed by atoms with Gasteiger partial charge in [-0.05, 0) is 24.3 Å². The van der Waals surface area contributed by atoms with Crippen LogP contribution in [-0.2, 0) is 0 Å². The smallest absolute Gasteiger partial charge is 0.323 e. The molecule has 0 aliphatic rings. The number of aromatic amines is 1. The van der Waals surface area contributed by atoms with Gasteiger partial charge in [-0.2, -0.15) is 0 Å². The number of nitrogens with one attached hydrogen (secondary N) is 1. The SMILES string of the molecule is CC(C)(C)C(=O)c1c[nH]c2ncc(-c3c[c]c4ccn(C(N)=O)c4c3)nc12. The molecule has 0 spiro atoms. The number of fused-ring (bicyclic) bond motifs is 2. The number of Topliss-reactive ketones (excluding diaryl/α,β-unsaturated/α-hetero) is 1. The van der Waals surface area contributed by atoms with Gasteiger partial charge in [-0.1, -0.05) is 20.8 Å². The van der Waals surface area contributed by atoms with Gasteiger partial charge < -0.3 is 10.7 Å². The zero-order valence-corrected chi connectivity index (χ0v) is 15.2. The van der Waals surface area contributed by atoms with Crippen molar-refractivity contribution in [2.45, 2.75) is 20.8 Å². The molecular weight excluding hydrogens is 342 g/mol. The van der Waals surface area contributed by atoms with Crippen LogP contribution in [0.4, 0.5) is 4.79 Å². The molecule has 3 heterocycles. The Kier molecular flexibility index (Phi) is 3.62. The normalized spacial score (nSPS) is 12.0. The van der Waals surface area contributed by atoms with Crippen LogP contribution in [0.15, 0.2) is 36.8 Å². The average Bonchev–Trinajstić information content (AvgIpc) is 3.23. The van der Waals surface area contributed by atoms with Gasteiger partial charge in [-0.25, -0.2) is 14.8 Å². The summed E-state index contributed by atoms with van der Waals surface area (Å²) in [6.07, 6.45) is 4.88. The first-order chi connectivity index (χ1) is 12.8. The van der Waals surface area contributed by atoms with Gasteiger partial charge in [0.1, 0.15) is 5.52 Å². The Labute approximate surface area is 155 Å². The summed E-state index contributed by atoms with van der Waals surface area (Å²) in [6.45, 7) is 5.60. The van der Waals surface area contributed by atoms with Gasteiger partial charge in [-0.15, -0.1) is 0 Å². The van der Waals surface area contributed by atoms with E-state index in [2.05, 4.69) is 21.0 Å². The van der Waals surface area contributed by atoms with Crippen LogP contribution in [0, 0.1) is 11.5 Å². The zero-order valence-electron chi connectivity index (χ0n) is 15.2. The predicted molar refractivity (Wildman–Crippen MR) is 102 cm³/mol. The van der Waals surface area contributed by atoms with Crippen LogP contribution in [0.1, 0.15) is 31.1 Å². The molecule has 0 fully saturated rings. The van der Waals surface area contributed by atoms with E-state index >= 15 is 0 Å². The minimum absolute atomic E-state index is 0.00943. The number of H-pyrrole nitrogens is 1. The molecule has 0 saturated carbocycles. The fourth-order valence-electron chi connectivity index (χ4n) is 3.01. The number of benzene rings is 1. The molecule has 7 heteroatoms. The lowest BCUT2D eigenvalue weighted by molar-refractivity contribution is 0.0860. The molecule has 0 bridgehead atoms. The summed E-state index contributed by atoms with van der Waals surface area (Å²) in [4.78, 5) is 36.3. The highest BCUT2D eigenvalue weighted by Crippen LogP contribution is 2.28. The Balaban J connectivity index is 1.87. The highest BCUT2D eigenvalue weighted by Gasteiger charge is 2.26. The van der Waals surface area contributed by atoms with E-state index in [4.69, 9.17) is 5.73 Å². The number of hydrogen-bond acceptors (Lipinski definition) is 4. The maximum atomic E-state index is 12.7. The number of rotatable bonds is 2. The molecule has 0 atom stereocenters. The van der Waals surface area contributed by atoms with Crippen molar-refractivity contribution in [3.8, 4) is 11.3 Å². The summed E-state index contributed by atoms with van der Waals surface area (Å²) in [6, 6.07) is 7.91. The molecule has 3 N–H and O–H groups in total. The van der Waals surface area contributed by atoms with Gasteiger partial charge in [0, 0.05) is 28.8 Å². The molecule has 0 aliphatic carbocycles. The molecule has 4 rings (SSSR count). The molecule has 0 unspecified atom stereocenters. The van der Waals surface area contributed by atoms with Gasteiger partial charge in [0.15, 0.2) is 11.4 Å². The van der Waals surface area contributed by atoms with E-state index < -0.39 is 11.4 Å². The predicted octanol–water partition coefficient (Wildman–Crippen LogP) is 3.54. The number of primary amides is 1. The average molecular weight is 360 g/mol. The third-order valence-corrected chi connectivity index (χ3v) is 4.44. The lowest BCUT2D eigenvalue weighted by atomic mass is 9.87. The third kappa shape index (κ3) is 2.77. The number of hydrogen-bond donors (Lipinski definition) is 2. The molecule has 4 aromatic rings. The summed E-state index contributed by atoms with van der Waals surface area (Å²) in [7, 11) is 0. The summed E-state index contributed by atoms with van der Waals surface area (Å²) in [5.74, 6) is -0.00943. The molecule has 3 aromatic heterocycles. The van der Waals surface area contributed by atoms with Crippen LogP contribution in [-0.4, -0.2) is 31.3 Å². The molecule has 135 valence electrons. The first-order valence-electron chi connectivity index (χ1n) is 8.47. The summed E-state index contributed by atoms with van der Waals surface area (Å²) in [5.41, 5.74) is 8.43. The standard InChI is InChI=1S/C20H18N5O2/c1-20(2,3)17(26)13-9-22-18-16(13)24-14(10-23-18)12-5-4-11-6-7-25(19(21)27)15(11)8-12/h5-10H,1-3H3,(H2,21,27)(H,22,23). The van der Waals surface area contributed by atoms with Crippen molar-refractivity contribution in [3.63, 3.8) is 0 Å². The molecule has 0 saturated heterocycles. The number of amides is 1. The van der Waals surface area contributed by atoms with E-state index in [1.165, 1.54) is 4.57 Å². The summed E-state index contributed by atoms with van der Waals surface area (Å²) in [5, 5.41) is 0.775. The Bertz CT molecular complexity index is 1210.